The summed E-state index contributed by atoms with van der Waals surface area (Å²) in [5.41, 5.74) is 2.31. The molecule has 26 heavy (non-hydrogen) atoms. The monoisotopic (exact) mass is 367 g/mol. The van der Waals surface area contributed by atoms with E-state index in [9.17, 15) is 4.79 Å². The smallest absolute Gasteiger partial charge is 0.354 e. The molecule has 3 rings (SSSR count). The van der Waals surface area contributed by atoms with Gasteiger partial charge >= 0.3 is 5.97 Å². The van der Waals surface area contributed by atoms with E-state index in [0.717, 1.165) is 37.2 Å². The van der Waals surface area contributed by atoms with E-state index >= 15 is 0 Å². The van der Waals surface area contributed by atoms with Crippen LogP contribution in [0.25, 0.3) is 0 Å². The first-order valence-electron chi connectivity index (χ1n) is 8.50. The van der Waals surface area contributed by atoms with Gasteiger partial charge in [-0.15, -0.1) is 6.42 Å². The Balaban J connectivity index is 1.60. The number of nitrogens with zero attached hydrogens (tertiary/aromatic N) is 2. The van der Waals surface area contributed by atoms with Gasteiger partial charge in [-0.3, -0.25) is 0 Å². The van der Waals surface area contributed by atoms with Gasteiger partial charge in [0.05, 0.1) is 7.11 Å². The Hall–Kier alpha value is -2.78. The normalized spacial score (nSPS) is 14.5. The predicted molar refractivity (Wildman–Crippen MR) is 106 cm³/mol. The fraction of sp³-hybridized carbons (Fsp3) is 0.300. The molecular formula is C20H21N3O2S. The zero-order chi connectivity index (χ0) is 18.5. The number of nitrogens with one attached hydrogen (secondary N) is 1. The Morgan fingerprint density at radius 2 is 2.08 bits per heavy atom. The maximum Gasteiger partial charge on any atom is 0.354 e. The van der Waals surface area contributed by atoms with Gasteiger partial charge in [0.1, 0.15) is 5.69 Å². The van der Waals surface area contributed by atoms with Crippen molar-refractivity contribution >= 4 is 29.0 Å². The summed E-state index contributed by atoms with van der Waals surface area (Å²) in [6, 6.07) is 11.6. The number of hydrogen-bond donors (Lipinski definition) is 1. The highest BCUT2D eigenvalue weighted by atomic mass is 32.1. The second-order valence-electron chi connectivity index (χ2n) is 6.17. The van der Waals surface area contributed by atoms with E-state index in [0.29, 0.717) is 10.8 Å². The molecule has 0 bridgehead atoms. The second kappa shape index (κ2) is 8.07. The Morgan fingerprint density at radius 1 is 1.31 bits per heavy atom. The van der Waals surface area contributed by atoms with Crippen LogP contribution in [0.4, 0.5) is 5.69 Å². The zero-order valence-electron chi connectivity index (χ0n) is 14.6. The topological polar surface area (TPSA) is 46.5 Å². The Labute approximate surface area is 158 Å². The average Bonchev–Trinajstić information content (AvgIpc) is 3.17. The largest absolute Gasteiger partial charge is 0.464 e. The van der Waals surface area contributed by atoms with Crippen molar-refractivity contribution < 1.29 is 9.53 Å². The molecule has 0 amide bonds. The minimum absolute atomic E-state index is 0.267. The van der Waals surface area contributed by atoms with Gasteiger partial charge in [0.25, 0.3) is 0 Å². The summed E-state index contributed by atoms with van der Waals surface area (Å²) >= 11 is 5.54. The molecule has 0 saturated carbocycles. The molecule has 1 saturated heterocycles. The molecule has 0 radical (unpaired) electrons. The molecule has 5 nitrogen and oxygen atoms in total. The zero-order valence-corrected chi connectivity index (χ0v) is 15.5. The summed E-state index contributed by atoms with van der Waals surface area (Å²) in [5.74, 6) is 2.32. The van der Waals surface area contributed by atoms with Crippen LogP contribution in [0.1, 0.15) is 34.9 Å². The number of anilines is 1. The van der Waals surface area contributed by atoms with Gasteiger partial charge in [-0.1, -0.05) is 12.0 Å². The Morgan fingerprint density at radius 3 is 2.77 bits per heavy atom. The number of thiocarbonyl (C=S) groups is 1. The number of benzene rings is 1. The molecule has 0 unspecified atom stereocenters. The number of esters is 1. The summed E-state index contributed by atoms with van der Waals surface area (Å²) in [4.78, 5) is 14.0. The van der Waals surface area contributed by atoms with E-state index in [2.05, 4.69) is 16.1 Å². The lowest BCUT2D eigenvalue weighted by molar-refractivity contribution is 0.0583. The third kappa shape index (κ3) is 3.89. The third-order valence-electron chi connectivity index (χ3n) is 4.60. The number of methoxy groups -OCH3 is 1. The van der Waals surface area contributed by atoms with Crippen LogP contribution in [-0.4, -0.2) is 40.7 Å². The SMILES string of the molecule is C#Cc1cccc(NC(=S)N2CCC(n3cccc3C(=O)OC)CC2)c1. The van der Waals surface area contributed by atoms with Crippen molar-refractivity contribution in [3.63, 3.8) is 0 Å². The standard InChI is InChI=1S/C20H21N3O2S/c1-3-15-6-4-7-16(14-15)21-20(26)22-12-9-17(10-13-22)23-11-5-8-18(23)19(24)25-2/h1,4-8,11,14,17H,9-10,12-13H2,2H3,(H,21,26). The number of carbonyl (C=O) groups excluding carboxylic acids is 1. The van der Waals surface area contributed by atoms with Gasteiger partial charge in [0.2, 0.25) is 0 Å². The van der Waals surface area contributed by atoms with Gasteiger partial charge in [-0.2, -0.15) is 0 Å². The van der Waals surface area contributed by atoms with Crippen molar-refractivity contribution in [2.75, 3.05) is 25.5 Å². The highest BCUT2D eigenvalue weighted by molar-refractivity contribution is 7.80. The molecule has 0 aliphatic carbocycles. The molecule has 0 spiro atoms. The van der Waals surface area contributed by atoms with E-state index in [1.54, 1.807) is 6.07 Å². The quantitative estimate of drug-likeness (QED) is 0.512. The molecule has 1 fully saturated rings. The van der Waals surface area contributed by atoms with Crippen LogP contribution in [0.2, 0.25) is 0 Å². The third-order valence-corrected chi connectivity index (χ3v) is 4.96. The molecule has 1 aliphatic rings. The number of hydrogen-bond acceptors (Lipinski definition) is 3. The maximum absolute atomic E-state index is 11.9. The molecule has 1 aromatic carbocycles. The molecule has 1 N–H and O–H groups in total. The number of ether oxygens (including phenoxy) is 1. The number of piperidine rings is 1. The van der Waals surface area contributed by atoms with E-state index in [1.165, 1.54) is 7.11 Å². The van der Waals surface area contributed by atoms with Gasteiger partial charge in [-0.25, -0.2) is 4.79 Å². The first-order chi connectivity index (χ1) is 12.6. The van der Waals surface area contributed by atoms with Crippen LogP contribution in [0.15, 0.2) is 42.6 Å². The minimum Gasteiger partial charge on any atom is -0.464 e. The molecular weight excluding hydrogens is 346 g/mol. The lowest BCUT2D eigenvalue weighted by atomic mass is 10.0. The molecule has 6 heteroatoms. The Kier molecular flexibility index (Phi) is 5.59. The van der Waals surface area contributed by atoms with E-state index in [4.69, 9.17) is 23.4 Å². The average molecular weight is 367 g/mol. The van der Waals surface area contributed by atoms with Crippen LogP contribution < -0.4 is 5.32 Å². The molecule has 2 aromatic rings. The highest BCUT2D eigenvalue weighted by Crippen LogP contribution is 2.25. The molecule has 1 aromatic heterocycles. The van der Waals surface area contributed by atoms with Gasteiger partial charge in [0.15, 0.2) is 5.11 Å². The van der Waals surface area contributed by atoms with E-state index < -0.39 is 0 Å². The molecule has 2 heterocycles. The lowest BCUT2D eigenvalue weighted by Crippen LogP contribution is -2.41. The van der Waals surface area contributed by atoms with Crippen molar-refractivity contribution in [3.05, 3.63) is 53.9 Å². The van der Waals surface area contributed by atoms with Crippen molar-refractivity contribution in [3.8, 4) is 12.3 Å². The number of rotatable bonds is 3. The molecule has 134 valence electrons. The van der Waals surface area contributed by atoms with Crippen LogP contribution in [0, 0.1) is 12.3 Å². The molecule has 0 atom stereocenters. The summed E-state index contributed by atoms with van der Waals surface area (Å²) in [7, 11) is 1.40. The number of terminal acetylenes is 1. The number of carbonyl (C=O) groups is 1. The van der Waals surface area contributed by atoms with Gasteiger partial charge in [-0.05, 0) is 55.4 Å². The second-order valence-corrected chi connectivity index (χ2v) is 6.55. The number of aromatic nitrogens is 1. The highest BCUT2D eigenvalue weighted by Gasteiger charge is 2.24. The van der Waals surface area contributed by atoms with E-state index in [1.807, 2.05) is 41.1 Å². The van der Waals surface area contributed by atoms with Crippen molar-refractivity contribution in [2.24, 2.45) is 0 Å². The first-order valence-corrected chi connectivity index (χ1v) is 8.91. The minimum atomic E-state index is -0.303. The summed E-state index contributed by atoms with van der Waals surface area (Å²) in [6.07, 6.45) is 9.20. The van der Waals surface area contributed by atoms with Crippen LogP contribution in [-0.2, 0) is 4.74 Å². The fourth-order valence-electron chi connectivity index (χ4n) is 3.23. The van der Waals surface area contributed by atoms with E-state index in [-0.39, 0.29) is 12.0 Å². The van der Waals surface area contributed by atoms with Gasteiger partial charge < -0.3 is 19.5 Å². The van der Waals surface area contributed by atoms with Crippen LogP contribution in [0.5, 0.6) is 0 Å². The predicted octanol–water partition coefficient (Wildman–Crippen LogP) is 3.29. The number of likely N-dealkylation sites (tertiary alicyclic amines) is 1. The fourth-order valence-corrected chi connectivity index (χ4v) is 3.53. The summed E-state index contributed by atoms with van der Waals surface area (Å²) in [5, 5.41) is 3.95. The maximum atomic E-state index is 11.9. The van der Waals surface area contributed by atoms with Crippen LogP contribution in [0.3, 0.4) is 0 Å². The first kappa shape index (κ1) is 18.0. The summed E-state index contributed by atoms with van der Waals surface area (Å²) < 4.78 is 6.87. The van der Waals surface area contributed by atoms with Crippen molar-refractivity contribution in [1.82, 2.24) is 9.47 Å². The van der Waals surface area contributed by atoms with Crippen LogP contribution >= 0.6 is 12.2 Å². The molecule has 1 aliphatic heterocycles. The van der Waals surface area contributed by atoms with Gasteiger partial charge in [0, 0.05) is 36.6 Å². The van der Waals surface area contributed by atoms with Crippen molar-refractivity contribution in [2.45, 2.75) is 18.9 Å². The van der Waals surface area contributed by atoms with Crippen molar-refractivity contribution in [1.29, 1.82) is 0 Å². The lowest BCUT2D eigenvalue weighted by Gasteiger charge is -2.35. The summed E-state index contributed by atoms with van der Waals surface area (Å²) in [6.45, 7) is 1.65. The Bertz CT molecular complexity index is 845.